The lowest BCUT2D eigenvalue weighted by Gasteiger charge is -2.50. The van der Waals surface area contributed by atoms with E-state index in [1.54, 1.807) is 14.1 Å². The Labute approximate surface area is 231 Å². The van der Waals surface area contributed by atoms with Crippen molar-refractivity contribution in [2.75, 3.05) is 33.1 Å². The van der Waals surface area contributed by atoms with Crippen LogP contribution in [0, 0.1) is 18.8 Å². The molecule has 2 aromatic rings. The van der Waals surface area contributed by atoms with Crippen LogP contribution in [-0.4, -0.2) is 82.6 Å². The topological polar surface area (TPSA) is 165 Å². The van der Waals surface area contributed by atoms with Crippen molar-refractivity contribution < 1.29 is 34.8 Å². The van der Waals surface area contributed by atoms with Gasteiger partial charge >= 0.3 is 0 Å². The van der Waals surface area contributed by atoms with Crippen LogP contribution in [-0.2, 0) is 16.0 Å². The minimum Gasteiger partial charge on any atom is -0.510 e. The molecule has 0 aliphatic heterocycles. The minimum atomic E-state index is -2.67. The zero-order valence-corrected chi connectivity index (χ0v) is 23.0. The number of primary amides is 1. The van der Waals surface area contributed by atoms with Crippen LogP contribution in [0.25, 0.3) is 11.1 Å². The van der Waals surface area contributed by atoms with Crippen molar-refractivity contribution >= 4 is 23.2 Å². The second kappa shape index (κ2) is 9.21. The summed E-state index contributed by atoms with van der Waals surface area (Å²) < 4.78 is 0. The smallest absolute Gasteiger partial charge is 0.255 e. The Balaban J connectivity index is 1.75. The number of aryl methyl sites for hydroxylation is 1. The first-order valence-electron chi connectivity index (χ1n) is 13.0. The highest BCUT2D eigenvalue weighted by Gasteiger charge is 2.63. The maximum Gasteiger partial charge on any atom is 0.255 e. The summed E-state index contributed by atoms with van der Waals surface area (Å²) >= 11 is 0. The van der Waals surface area contributed by atoms with Gasteiger partial charge in [0.1, 0.15) is 22.8 Å². The van der Waals surface area contributed by atoms with Crippen molar-refractivity contribution in [3.8, 4) is 16.9 Å². The minimum absolute atomic E-state index is 0.0115. The Hall–Kier alpha value is -4.15. The fourth-order valence-corrected chi connectivity index (χ4v) is 6.65. The molecule has 210 valence electrons. The molecule has 10 nitrogen and oxygen atoms in total. The number of rotatable bonds is 4. The van der Waals surface area contributed by atoms with Gasteiger partial charge in [0, 0.05) is 36.8 Å². The fraction of sp³-hybridized carbons (Fsp3) is 0.367. The molecular formula is C30H33N3O7. The summed E-state index contributed by atoms with van der Waals surface area (Å²) in [6.07, 6.45) is 0.267. The molecule has 0 bridgehead atoms. The van der Waals surface area contributed by atoms with E-state index in [9.17, 15) is 34.8 Å². The Morgan fingerprint density at radius 3 is 2.23 bits per heavy atom. The number of hydrogen-bond acceptors (Lipinski definition) is 9. The van der Waals surface area contributed by atoms with Crippen LogP contribution < -0.4 is 10.6 Å². The summed E-state index contributed by atoms with van der Waals surface area (Å²) in [6.45, 7) is 1.94. The number of fused-ring (bicyclic) bond motifs is 3. The summed E-state index contributed by atoms with van der Waals surface area (Å²) in [5.41, 5.74) is 5.13. The molecule has 0 fully saturated rings. The van der Waals surface area contributed by atoms with Crippen molar-refractivity contribution in [3.05, 3.63) is 69.7 Å². The zero-order valence-electron chi connectivity index (χ0n) is 23.0. The number of nitrogens with two attached hydrogens (primary N) is 1. The summed E-state index contributed by atoms with van der Waals surface area (Å²) in [5.74, 6) is -6.65. The number of aliphatic hydroxyl groups is 3. The second-order valence-corrected chi connectivity index (χ2v) is 11.4. The molecule has 40 heavy (non-hydrogen) atoms. The third kappa shape index (κ3) is 3.66. The molecule has 3 aliphatic rings. The Bertz CT molecular complexity index is 1540. The van der Waals surface area contributed by atoms with Crippen LogP contribution in [0.5, 0.6) is 5.75 Å². The highest BCUT2D eigenvalue weighted by atomic mass is 16.3. The maximum atomic E-state index is 14.1. The number of aromatic hydroxyl groups is 1. The number of likely N-dealkylation sites (N-methyl/N-ethyl adjacent to an activating group) is 1. The van der Waals surface area contributed by atoms with Crippen LogP contribution in [0.4, 0.5) is 5.69 Å². The predicted molar refractivity (Wildman–Crippen MR) is 148 cm³/mol. The van der Waals surface area contributed by atoms with Gasteiger partial charge in [0.25, 0.3) is 5.91 Å². The highest BCUT2D eigenvalue weighted by Crippen LogP contribution is 2.54. The van der Waals surface area contributed by atoms with Gasteiger partial charge in [-0.05, 0) is 57.0 Å². The lowest BCUT2D eigenvalue weighted by molar-refractivity contribution is -0.148. The summed E-state index contributed by atoms with van der Waals surface area (Å²) in [5, 5.41) is 45.7. The van der Waals surface area contributed by atoms with Crippen LogP contribution in [0.2, 0.25) is 0 Å². The number of hydrogen-bond donors (Lipinski definition) is 5. The largest absolute Gasteiger partial charge is 0.510 e. The van der Waals surface area contributed by atoms with Gasteiger partial charge in [-0.15, -0.1) is 0 Å². The number of aliphatic hydroxyl groups excluding tert-OH is 2. The number of carbonyl (C=O) groups is 3. The first-order chi connectivity index (χ1) is 18.7. The molecule has 4 atom stereocenters. The molecule has 3 aliphatic carbocycles. The van der Waals surface area contributed by atoms with Crippen LogP contribution >= 0.6 is 0 Å². The Kier molecular flexibility index (Phi) is 6.31. The van der Waals surface area contributed by atoms with Crippen LogP contribution in [0.3, 0.4) is 0 Å². The number of ketones is 2. The molecule has 1 amide bonds. The summed E-state index contributed by atoms with van der Waals surface area (Å²) in [7, 11) is 6.85. The average Bonchev–Trinajstić information content (AvgIpc) is 2.86. The molecule has 0 saturated heterocycles. The van der Waals surface area contributed by atoms with E-state index in [0.29, 0.717) is 22.4 Å². The van der Waals surface area contributed by atoms with Crippen LogP contribution in [0.1, 0.15) is 27.9 Å². The number of phenols is 1. The lowest BCUT2D eigenvalue weighted by atomic mass is 9.58. The first kappa shape index (κ1) is 27.4. The number of phenolic OH excluding ortho intramolecular Hbond substituents is 1. The molecule has 4 unspecified atom stereocenters. The van der Waals surface area contributed by atoms with E-state index < -0.39 is 58.0 Å². The Morgan fingerprint density at radius 2 is 1.68 bits per heavy atom. The molecular weight excluding hydrogens is 514 g/mol. The van der Waals surface area contributed by atoms with E-state index in [-0.39, 0.29) is 29.7 Å². The molecule has 6 N–H and O–H groups in total. The van der Waals surface area contributed by atoms with Crippen molar-refractivity contribution in [2.45, 2.75) is 31.4 Å². The van der Waals surface area contributed by atoms with E-state index in [4.69, 9.17) is 5.73 Å². The highest BCUT2D eigenvalue weighted by molar-refractivity contribution is 6.25. The SMILES string of the molecule is Cc1ccc(-c2cc(N(C)C)c3c(c2O)C(=O)C2=C(O)C4(O)C(=O)C(C(N)=O)=C(O)C(N(C)C)C4CC2C3)cc1. The van der Waals surface area contributed by atoms with Gasteiger partial charge in [-0.2, -0.15) is 0 Å². The van der Waals surface area contributed by atoms with Gasteiger partial charge in [-0.3, -0.25) is 19.3 Å². The number of amides is 1. The maximum absolute atomic E-state index is 14.1. The van der Waals surface area contributed by atoms with Gasteiger partial charge in [0.2, 0.25) is 5.78 Å². The van der Waals surface area contributed by atoms with Gasteiger partial charge < -0.3 is 31.1 Å². The standard InChI is InChI=1S/C30H33N3O7/c1-13-6-8-14(9-7-13)16-12-19(32(2)3)17-10-15-11-18-23(33(4)5)26(36)22(29(31)39)28(38)30(18,40)27(37)20(15)25(35)21(17)24(16)34/h6-9,12,15,18,23,34,36-37,40H,10-11H2,1-5H3,(H2,31,39). The van der Waals surface area contributed by atoms with Crippen molar-refractivity contribution in [1.82, 2.24) is 4.90 Å². The van der Waals surface area contributed by atoms with Crippen molar-refractivity contribution in [2.24, 2.45) is 17.6 Å². The monoisotopic (exact) mass is 547 g/mol. The average molecular weight is 548 g/mol. The van der Waals surface area contributed by atoms with E-state index in [1.807, 2.05) is 56.3 Å². The number of carbonyl (C=O) groups excluding carboxylic acids is 3. The number of benzene rings is 2. The molecule has 0 radical (unpaired) electrons. The molecule has 10 heteroatoms. The molecule has 0 spiro atoms. The summed E-state index contributed by atoms with van der Waals surface area (Å²) in [6, 6.07) is 8.24. The van der Waals surface area contributed by atoms with Gasteiger partial charge in [-0.1, -0.05) is 29.8 Å². The normalized spacial score (nSPS) is 26.0. The van der Waals surface area contributed by atoms with E-state index in [1.165, 1.54) is 4.90 Å². The molecule has 2 aromatic carbocycles. The van der Waals surface area contributed by atoms with E-state index in [2.05, 4.69) is 0 Å². The number of nitrogens with zero attached hydrogens (tertiary/aromatic N) is 2. The van der Waals surface area contributed by atoms with Gasteiger partial charge in [0.15, 0.2) is 11.4 Å². The fourth-order valence-electron chi connectivity index (χ4n) is 6.65. The number of anilines is 1. The lowest BCUT2D eigenvalue weighted by Crippen LogP contribution is -2.63. The molecule has 0 saturated carbocycles. The zero-order chi connectivity index (χ0) is 29.4. The third-order valence-corrected chi connectivity index (χ3v) is 8.54. The van der Waals surface area contributed by atoms with E-state index >= 15 is 0 Å². The summed E-state index contributed by atoms with van der Waals surface area (Å²) in [4.78, 5) is 43.1. The van der Waals surface area contributed by atoms with Crippen molar-refractivity contribution in [1.29, 1.82) is 0 Å². The second-order valence-electron chi connectivity index (χ2n) is 11.4. The van der Waals surface area contributed by atoms with Crippen LogP contribution in [0.15, 0.2) is 53.0 Å². The quantitative estimate of drug-likeness (QED) is 0.361. The number of Topliss-reactive ketones (excluding diaryl/α,β-unsaturated/α-hetero) is 2. The molecule has 5 rings (SSSR count). The van der Waals surface area contributed by atoms with Gasteiger partial charge in [0.05, 0.1) is 11.6 Å². The molecule has 0 heterocycles. The number of allylic oxidation sites excluding steroid dienone is 1. The first-order valence-corrected chi connectivity index (χ1v) is 13.0. The molecule has 0 aromatic heterocycles. The van der Waals surface area contributed by atoms with E-state index in [0.717, 1.165) is 5.56 Å². The Morgan fingerprint density at radius 1 is 1.05 bits per heavy atom. The predicted octanol–water partition coefficient (Wildman–Crippen LogP) is 2.16. The van der Waals surface area contributed by atoms with Crippen molar-refractivity contribution in [3.63, 3.8) is 0 Å². The van der Waals surface area contributed by atoms with Gasteiger partial charge in [-0.25, -0.2) is 0 Å². The third-order valence-electron chi connectivity index (χ3n) is 8.54.